The lowest BCUT2D eigenvalue weighted by Crippen LogP contribution is -2.19. The maximum atomic E-state index is 11.9. The Hall–Kier alpha value is -2.54. The predicted molar refractivity (Wildman–Crippen MR) is 77.7 cm³/mol. The standard InChI is InChI=1S/C16H16N2O2/c1-3-18-15(5-4-6-16(18)19)14-8-7-13(11-12(14)2)20-10-9-17/h4-8,11H,3,10H2,1-2H3. The number of aromatic nitrogens is 1. The molecule has 0 bridgehead atoms. The Morgan fingerprint density at radius 1 is 1.30 bits per heavy atom. The fourth-order valence-corrected chi connectivity index (χ4v) is 2.21. The molecule has 0 spiro atoms. The minimum absolute atomic E-state index is 0.00536. The monoisotopic (exact) mass is 268 g/mol. The molecule has 1 aromatic heterocycles. The van der Waals surface area contributed by atoms with Gasteiger partial charge in [-0.3, -0.25) is 4.79 Å². The average molecular weight is 268 g/mol. The number of benzene rings is 1. The lowest BCUT2D eigenvalue weighted by atomic mass is 10.0. The first-order valence-corrected chi connectivity index (χ1v) is 6.48. The summed E-state index contributed by atoms with van der Waals surface area (Å²) in [6.07, 6.45) is 0. The first-order valence-electron chi connectivity index (χ1n) is 6.48. The highest BCUT2D eigenvalue weighted by atomic mass is 16.5. The van der Waals surface area contributed by atoms with E-state index in [2.05, 4.69) is 0 Å². The van der Waals surface area contributed by atoms with Crippen molar-refractivity contribution in [2.45, 2.75) is 20.4 Å². The van der Waals surface area contributed by atoms with Crippen molar-refractivity contribution in [2.24, 2.45) is 0 Å². The van der Waals surface area contributed by atoms with Gasteiger partial charge in [0.15, 0.2) is 6.61 Å². The molecule has 0 saturated heterocycles. The zero-order valence-electron chi connectivity index (χ0n) is 11.6. The van der Waals surface area contributed by atoms with E-state index in [-0.39, 0.29) is 12.2 Å². The fourth-order valence-electron chi connectivity index (χ4n) is 2.21. The Labute approximate surface area is 117 Å². The molecule has 1 heterocycles. The number of ether oxygens (including phenoxy) is 1. The van der Waals surface area contributed by atoms with Crippen LogP contribution in [0.3, 0.4) is 0 Å². The quantitative estimate of drug-likeness (QED) is 0.856. The third-order valence-electron chi connectivity index (χ3n) is 3.14. The van der Waals surface area contributed by atoms with Gasteiger partial charge in [0.2, 0.25) is 0 Å². The summed E-state index contributed by atoms with van der Waals surface area (Å²) < 4.78 is 7.01. The minimum Gasteiger partial charge on any atom is -0.479 e. The van der Waals surface area contributed by atoms with Crippen LogP contribution < -0.4 is 10.3 Å². The van der Waals surface area contributed by atoms with Crippen LogP contribution in [-0.2, 0) is 6.54 Å². The summed E-state index contributed by atoms with van der Waals surface area (Å²) in [6.45, 7) is 4.57. The highest BCUT2D eigenvalue weighted by Gasteiger charge is 2.08. The van der Waals surface area contributed by atoms with Gasteiger partial charge in [-0.2, -0.15) is 5.26 Å². The highest BCUT2D eigenvalue weighted by molar-refractivity contribution is 5.65. The second-order valence-electron chi connectivity index (χ2n) is 4.42. The molecule has 4 nitrogen and oxygen atoms in total. The van der Waals surface area contributed by atoms with Crippen molar-refractivity contribution in [3.8, 4) is 23.1 Å². The molecule has 0 fully saturated rings. The van der Waals surface area contributed by atoms with Crippen molar-refractivity contribution in [3.05, 3.63) is 52.3 Å². The molecule has 4 heteroatoms. The van der Waals surface area contributed by atoms with E-state index >= 15 is 0 Å². The van der Waals surface area contributed by atoms with Crippen LogP contribution in [0.4, 0.5) is 0 Å². The summed E-state index contributed by atoms with van der Waals surface area (Å²) in [5.74, 6) is 0.661. The number of hydrogen-bond acceptors (Lipinski definition) is 3. The molecule has 102 valence electrons. The maximum absolute atomic E-state index is 11.9. The largest absolute Gasteiger partial charge is 0.479 e. The topological polar surface area (TPSA) is 55.0 Å². The third-order valence-corrected chi connectivity index (χ3v) is 3.14. The Balaban J connectivity index is 2.47. The van der Waals surface area contributed by atoms with Gasteiger partial charge in [-0.15, -0.1) is 0 Å². The van der Waals surface area contributed by atoms with Crippen LogP contribution in [0.25, 0.3) is 11.3 Å². The van der Waals surface area contributed by atoms with Crippen LogP contribution in [0.1, 0.15) is 12.5 Å². The van der Waals surface area contributed by atoms with Gasteiger partial charge in [-0.25, -0.2) is 0 Å². The second kappa shape index (κ2) is 6.07. The second-order valence-corrected chi connectivity index (χ2v) is 4.42. The molecule has 0 N–H and O–H groups in total. The summed E-state index contributed by atoms with van der Waals surface area (Å²) in [7, 11) is 0. The Bertz CT molecular complexity index is 711. The SMILES string of the molecule is CCn1c(-c2ccc(OCC#N)cc2C)cccc1=O. The van der Waals surface area contributed by atoms with Crippen LogP contribution in [0.2, 0.25) is 0 Å². The number of rotatable bonds is 4. The molecule has 0 aliphatic rings. The molecule has 0 saturated carbocycles. The van der Waals surface area contributed by atoms with E-state index in [9.17, 15) is 4.79 Å². The van der Waals surface area contributed by atoms with Crippen molar-refractivity contribution >= 4 is 0 Å². The Morgan fingerprint density at radius 3 is 2.75 bits per heavy atom. The van der Waals surface area contributed by atoms with Crippen LogP contribution in [0.15, 0.2) is 41.2 Å². The predicted octanol–water partition coefficient (Wildman–Crippen LogP) is 2.75. The third kappa shape index (κ3) is 2.72. The summed E-state index contributed by atoms with van der Waals surface area (Å²) in [5.41, 5.74) is 2.89. The van der Waals surface area contributed by atoms with E-state index in [0.29, 0.717) is 12.3 Å². The lowest BCUT2D eigenvalue weighted by molar-refractivity contribution is 0.368. The molecule has 0 atom stereocenters. The Morgan fingerprint density at radius 2 is 2.10 bits per heavy atom. The van der Waals surface area contributed by atoms with Crippen LogP contribution in [0.5, 0.6) is 5.75 Å². The summed E-state index contributed by atoms with van der Waals surface area (Å²) in [6, 6.07) is 12.8. The fraction of sp³-hybridized carbons (Fsp3) is 0.250. The first-order chi connectivity index (χ1) is 9.67. The van der Waals surface area contributed by atoms with Gasteiger partial charge in [-0.1, -0.05) is 6.07 Å². The molecular weight excluding hydrogens is 252 g/mol. The number of hydrogen-bond donors (Lipinski definition) is 0. The molecule has 0 unspecified atom stereocenters. The van der Waals surface area contributed by atoms with Crippen LogP contribution in [-0.4, -0.2) is 11.2 Å². The average Bonchev–Trinajstić information content (AvgIpc) is 2.45. The van der Waals surface area contributed by atoms with Gasteiger partial charge < -0.3 is 9.30 Å². The normalized spacial score (nSPS) is 10.1. The number of nitrogens with zero attached hydrogens (tertiary/aromatic N) is 2. The molecule has 1 aromatic carbocycles. The van der Waals surface area contributed by atoms with E-state index < -0.39 is 0 Å². The molecule has 20 heavy (non-hydrogen) atoms. The van der Waals surface area contributed by atoms with Gasteiger partial charge in [0.05, 0.1) is 5.69 Å². The summed E-state index contributed by atoms with van der Waals surface area (Å²) >= 11 is 0. The zero-order valence-corrected chi connectivity index (χ0v) is 11.6. The number of aryl methyl sites for hydroxylation is 1. The smallest absolute Gasteiger partial charge is 0.250 e. The van der Waals surface area contributed by atoms with Crippen LogP contribution >= 0.6 is 0 Å². The van der Waals surface area contributed by atoms with Crippen molar-refractivity contribution in [2.75, 3.05) is 6.61 Å². The van der Waals surface area contributed by atoms with E-state index in [1.165, 1.54) is 0 Å². The molecule has 0 aliphatic carbocycles. The minimum atomic E-state index is -0.00536. The van der Waals surface area contributed by atoms with E-state index in [0.717, 1.165) is 16.8 Å². The lowest BCUT2D eigenvalue weighted by Gasteiger charge is -2.13. The number of pyridine rings is 1. The zero-order chi connectivity index (χ0) is 14.5. The molecule has 0 radical (unpaired) electrons. The first kappa shape index (κ1) is 13.9. The van der Waals surface area contributed by atoms with E-state index in [1.807, 2.05) is 44.2 Å². The van der Waals surface area contributed by atoms with Crippen molar-refractivity contribution in [1.29, 1.82) is 5.26 Å². The molecule has 2 aromatic rings. The Kier molecular flexibility index (Phi) is 4.21. The van der Waals surface area contributed by atoms with Crippen molar-refractivity contribution in [1.82, 2.24) is 4.57 Å². The summed E-state index contributed by atoms with van der Waals surface area (Å²) in [5, 5.41) is 8.52. The van der Waals surface area contributed by atoms with Gasteiger partial charge in [0.25, 0.3) is 5.56 Å². The van der Waals surface area contributed by atoms with E-state index in [1.54, 1.807) is 16.7 Å². The van der Waals surface area contributed by atoms with Crippen molar-refractivity contribution in [3.63, 3.8) is 0 Å². The molecule has 0 amide bonds. The molecule has 2 rings (SSSR count). The highest BCUT2D eigenvalue weighted by Crippen LogP contribution is 2.26. The molecular formula is C16H16N2O2. The molecule has 0 aliphatic heterocycles. The van der Waals surface area contributed by atoms with Crippen molar-refractivity contribution < 1.29 is 4.74 Å². The van der Waals surface area contributed by atoms with Gasteiger partial charge >= 0.3 is 0 Å². The maximum Gasteiger partial charge on any atom is 0.250 e. The summed E-state index contributed by atoms with van der Waals surface area (Å²) in [4.78, 5) is 11.9. The van der Waals surface area contributed by atoms with Gasteiger partial charge in [-0.05, 0) is 43.7 Å². The van der Waals surface area contributed by atoms with Gasteiger partial charge in [0.1, 0.15) is 11.8 Å². The van der Waals surface area contributed by atoms with Crippen LogP contribution in [0, 0.1) is 18.3 Å². The van der Waals surface area contributed by atoms with E-state index in [4.69, 9.17) is 10.00 Å². The number of nitriles is 1. The van der Waals surface area contributed by atoms with Gasteiger partial charge in [0, 0.05) is 18.2 Å².